The third-order valence-electron chi connectivity index (χ3n) is 2.02. The second-order valence-electron chi connectivity index (χ2n) is 3.98. The normalized spacial score (nSPS) is 11.5. The molecule has 3 heteroatoms. The van der Waals surface area contributed by atoms with E-state index in [1.54, 1.807) is 0 Å². The van der Waals surface area contributed by atoms with Crippen LogP contribution < -0.4 is 10.5 Å². The molecule has 0 atom stereocenters. The Morgan fingerprint density at radius 2 is 2.07 bits per heavy atom. The molecule has 0 radical (unpaired) electrons. The molecule has 0 aliphatic heterocycles. The van der Waals surface area contributed by atoms with Gasteiger partial charge in [0, 0.05) is 11.0 Å². The van der Waals surface area contributed by atoms with Crippen LogP contribution in [0.25, 0.3) is 0 Å². The summed E-state index contributed by atoms with van der Waals surface area (Å²) in [6.07, 6.45) is 0. The maximum atomic E-state index is 5.74. The van der Waals surface area contributed by atoms with Crippen LogP contribution in [0.3, 0.4) is 0 Å². The van der Waals surface area contributed by atoms with Gasteiger partial charge in [0.25, 0.3) is 0 Å². The Hall–Kier alpha value is -0.540. The molecule has 0 saturated carbocycles. The lowest BCUT2D eigenvalue weighted by atomic mass is 10.1. The van der Waals surface area contributed by atoms with Gasteiger partial charge < -0.3 is 10.5 Å². The fourth-order valence-electron chi connectivity index (χ4n) is 1.04. The standard InChI is InChI=1S/C11H16BrNO/c1-8-6-9(4-5-10(8)12)14-11(2,3)7-13/h4-6H,7,13H2,1-3H3. The Kier molecular flexibility index (Phi) is 3.56. The van der Waals surface area contributed by atoms with Crippen molar-refractivity contribution in [3.8, 4) is 5.75 Å². The van der Waals surface area contributed by atoms with Crippen molar-refractivity contribution >= 4 is 15.9 Å². The summed E-state index contributed by atoms with van der Waals surface area (Å²) >= 11 is 3.45. The lowest BCUT2D eigenvalue weighted by Crippen LogP contribution is -2.37. The van der Waals surface area contributed by atoms with Crippen molar-refractivity contribution in [3.05, 3.63) is 28.2 Å². The average molecular weight is 258 g/mol. The molecular weight excluding hydrogens is 242 g/mol. The van der Waals surface area contributed by atoms with Gasteiger partial charge in [-0.05, 0) is 44.5 Å². The summed E-state index contributed by atoms with van der Waals surface area (Å²) in [6.45, 7) is 6.49. The summed E-state index contributed by atoms with van der Waals surface area (Å²) < 4.78 is 6.83. The van der Waals surface area contributed by atoms with Crippen LogP contribution in [-0.2, 0) is 0 Å². The first-order valence-corrected chi connectivity index (χ1v) is 5.39. The zero-order valence-electron chi connectivity index (χ0n) is 8.80. The zero-order chi connectivity index (χ0) is 10.8. The maximum Gasteiger partial charge on any atom is 0.120 e. The Bertz CT molecular complexity index is 323. The predicted molar refractivity (Wildman–Crippen MR) is 62.6 cm³/mol. The molecule has 0 spiro atoms. The summed E-state index contributed by atoms with van der Waals surface area (Å²) in [7, 11) is 0. The highest BCUT2D eigenvalue weighted by Gasteiger charge is 2.17. The molecular formula is C11H16BrNO. The Balaban J connectivity index is 2.83. The van der Waals surface area contributed by atoms with Crippen LogP contribution in [0.15, 0.2) is 22.7 Å². The second kappa shape index (κ2) is 4.32. The molecule has 1 aromatic carbocycles. The smallest absolute Gasteiger partial charge is 0.120 e. The van der Waals surface area contributed by atoms with Crippen molar-refractivity contribution < 1.29 is 4.74 Å². The van der Waals surface area contributed by atoms with Gasteiger partial charge in [-0.25, -0.2) is 0 Å². The highest BCUT2D eigenvalue weighted by Crippen LogP contribution is 2.24. The molecule has 0 amide bonds. The van der Waals surface area contributed by atoms with Crippen LogP contribution in [0.5, 0.6) is 5.75 Å². The number of ether oxygens (including phenoxy) is 1. The van der Waals surface area contributed by atoms with E-state index in [4.69, 9.17) is 10.5 Å². The molecule has 0 aromatic heterocycles. The van der Waals surface area contributed by atoms with Crippen LogP contribution >= 0.6 is 15.9 Å². The van der Waals surface area contributed by atoms with Crippen LogP contribution in [0.2, 0.25) is 0 Å². The number of aryl methyl sites for hydroxylation is 1. The quantitative estimate of drug-likeness (QED) is 0.904. The van der Waals surface area contributed by atoms with Crippen molar-refractivity contribution in [2.45, 2.75) is 26.4 Å². The third-order valence-corrected chi connectivity index (χ3v) is 2.90. The molecule has 0 aliphatic rings. The minimum atomic E-state index is -0.305. The lowest BCUT2D eigenvalue weighted by Gasteiger charge is -2.24. The van der Waals surface area contributed by atoms with E-state index < -0.39 is 0 Å². The number of hydrogen-bond donors (Lipinski definition) is 1. The van der Waals surface area contributed by atoms with Crippen LogP contribution in [0.1, 0.15) is 19.4 Å². The number of hydrogen-bond acceptors (Lipinski definition) is 2. The molecule has 14 heavy (non-hydrogen) atoms. The molecule has 2 N–H and O–H groups in total. The molecule has 78 valence electrons. The molecule has 0 fully saturated rings. The molecule has 2 nitrogen and oxygen atoms in total. The van der Waals surface area contributed by atoms with E-state index in [2.05, 4.69) is 15.9 Å². The molecule has 0 unspecified atom stereocenters. The molecule has 0 bridgehead atoms. The van der Waals surface area contributed by atoms with Gasteiger partial charge in [0.2, 0.25) is 0 Å². The Labute approximate surface area is 93.6 Å². The highest BCUT2D eigenvalue weighted by molar-refractivity contribution is 9.10. The van der Waals surface area contributed by atoms with Crippen molar-refractivity contribution in [2.24, 2.45) is 5.73 Å². The molecule has 0 aliphatic carbocycles. The first-order valence-electron chi connectivity index (χ1n) is 4.60. The molecule has 1 rings (SSSR count). The fourth-order valence-corrected chi connectivity index (χ4v) is 1.29. The fraction of sp³-hybridized carbons (Fsp3) is 0.455. The van der Waals surface area contributed by atoms with Gasteiger partial charge in [0.05, 0.1) is 0 Å². The van der Waals surface area contributed by atoms with Crippen molar-refractivity contribution in [1.82, 2.24) is 0 Å². The van der Waals surface area contributed by atoms with E-state index in [1.807, 2.05) is 39.0 Å². The summed E-state index contributed by atoms with van der Waals surface area (Å²) in [5.41, 5.74) is 6.44. The van der Waals surface area contributed by atoms with Gasteiger partial charge in [-0.15, -0.1) is 0 Å². The van der Waals surface area contributed by atoms with Crippen LogP contribution in [0, 0.1) is 6.92 Å². The van der Waals surface area contributed by atoms with Gasteiger partial charge in [-0.1, -0.05) is 15.9 Å². The van der Waals surface area contributed by atoms with E-state index in [0.29, 0.717) is 6.54 Å². The Morgan fingerprint density at radius 1 is 1.43 bits per heavy atom. The topological polar surface area (TPSA) is 35.2 Å². The molecule has 1 aromatic rings. The first kappa shape index (κ1) is 11.5. The summed E-state index contributed by atoms with van der Waals surface area (Å²) in [6, 6.07) is 5.92. The van der Waals surface area contributed by atoms with Gasteiger partial charge >= 0.3 is 0 Å². The second-order valence-corrected chi connectivity index (χ2v) is 4.83. The van der Waals surface area contributed by atoms with Crippen LogP contribution in [0.4, 0.5) is 0 Å². The third kappa shape index (κ3) is 3.00. The maximum absolute atomic E-state index is 5.74. The highest BCUT2D eigenvalue weighted by atomic mass is 79.9. The molecule has 0 saturated heterocycles. The number of benzene rings is 1. The van der Waals surface area contributed by atoms with Gasteiger partial charge in [-0.2, -0.15) is 0 Å². The van der Waals surface area contributed by atoms with Gasteiger partial charge in [-0.3, -0.25) is 0 Å². The lowest BCUT2D eigenvalue weighted by molar-refractivity contribution is 0.118. The number of rotatable bonds is 3. The SMILES string of the molecule is Cc1cc(OC(C)(C)CN)ccc1Br. The largest absolute Gasteiger partial charge is 0.487 e. The van der Waals surface area contributed by atoms with E-state index >= 15 is 0 Å². The zero-order valence-corrected chi connectivity index (χ0v) is 10.4. The van der Waals surface area contributed by atoms with Crippen molar-refractivity contribution in [3.63, 3.8) is 0 Å². The monoisotopic (exact) mass is 257 g/mol. The van der Waals surface area contributed by atoms with Gasteiger partial charge in [0.15, 0.2) is 0 Å². The molecule has 0 heterocycles. The minimum absolute atomic E-state index is 0.305. The van der Waals surface area contributed by atoms with E-state index in [1.165, 1.54) is 0 Å². The van der Waals surface area contributed by atoms with Crippen LogP contribution in [-0.4, -0.2) is 12.1 Å². The van der Waals surface area contributed by atoms with E-state index in [0.717, 1.165) is 15.8 Å². The number of nitrogens with two attached hydrogens (primary N) is 1. The average Bonchev–Trinajstić information content (AvgIpc) is 2.11. The van der Waals surface area contributed by atoms with E-state index in [-0.39, 0.29) is 5.60 Å². The summed E-state index contributed by atoms with van der Waals surface area (Å²) in [5.74, 6) is 0.862. The summed E-state index contributed by atoms with van der Waals surface area (Å²) in [5, 5.41) is 0. The Morgan fingerprint density at radius 3 is 2.57 bits per heavy atom. The summed E-state index contributed by atoms with van der Waals surface area (Å²) in [4.78, 5) is 0. The number of halogens is 1. The van der Waals surface area contributed by atoms with Crippen molar-refractivity contribution in [1.29, 1.82) is 0 Å². The van der Waals surface area contributed by atoms with E-state index in [9.17, 15) is 0 Å². The minimum Gasteiger partial charge on any atom is -0.487 e. The van der Waals surface area contributed by atoms with Crippen molar-refractivity contribution in [2.75, 3.05) is 6.54 Å². The first-order chi connectivity index (χ1) is 6.44. The van der Waals surface area contributed by atoms with Gasteiger partial charge in [0.1, 0.15) is 11.4 Å². The predicted octanol–water partition coefficient (Wildman–Crippen LogP) is 2.87.